The van der Waals surface area contributed by atoms with Crippen LogP contribution in [0.25, 0.3) is 0 Å². The molecule has 0 atom stereocenters. The van der Waals surface area contributed by atoms with E-state index < -0.39 is 27.7 Å². The highest BCUT2D eigenvalue weighted by atomic mass is 35.5. The van der Waals surface area contributed by atoms with Crippen LogP contribution in [-0.2, 0) is 19.6 Å². The van der Waals surface area contributed by atoms with Crippen molar-refractivity contribution in [3.8, 4) is 0 Å². The van der Waals surface area contributed by atoms with E-state index in [9.17, 15) is 22.8 Å². The van der Waals surface area contributed by atoms with Crippen LogP contribution in [0.15, 0.2) is 82.4 Å². The van der Waals surface area contributed by atoms with Crippen LogP contribution >= 0.6 is 23.2 Å². The van der Waals surface area contributed by atoms with Crippen molar-refractivity contribution < 1.29 is 22.8 Å². The van der Waals surface area contributed by atoms with Crippen LogP contribution in [0, 0.1) is 6.92 Å². The van der Waals surface area contributed by atoms with Gasteiger partial charge in [0.15, 0.2) is 0 Å². The quantitative estimate of drug-likeness (QED) is 0.401. The fourth-order valence-electron chi connectivity index (χ4n) is 3.45. The van der Waals surface area contributed by atoms with Gasteiger partial charge in [-0.15, -0.1) is 0 Å². The maximum absolute atomic E-state index is 13.0. The minimum absolute atomic E-state index is 0.0760. The van der Waals surface area contributed by atoms with Crippen molar-refractivity contribution in [2.75, 3.05) is 15.5 Å². The summed E-state index contributed by atoms with van der Waals surface area (Å²) in [6.07, 6.45) is 0. The topological polar surface area (TPSA) is 139 Å². The highest BCUT2D eigenvalue weighted by molar-refractivity contribution is 7.89. The minimum Gasteiger partial charge on any atom is -0.350 e. The average Bonchev–Trinajstić information content (AvgIpc) is 3.04. The third kappa shape index (κ3) is 4.98. The number of hydrogen-bond acceptors (Lipinski definition) is 6. The van der Waals surface area contributed by atoms with E-state index in [0.29, 0.717) is 33.2 Å². The number of amides is 3. The second-order valence-electron chi connectivity index (χ2n) is 7.74. The SMILES string of the molecule is Cc1c(Cl)cccc1N1C(=O)C(Cl)=C(Nc2ccc(C(=O)Nc3ccc(S(N)(=O)=O)cc3)cc2)C1=O. The summed E-state index contributed by atoms with van der Waals surface area (Å²) in [5, 5.41) is 10.7. The van der Waals surface area contributed by atoms with Gasteiger partial charge in [0.05, 0.1) is 10.6 Å². The largest absolute Gasteiger partial charge is 0.350 e. The van der Waals surface area contributed by atoms with E-state index in [-0.39, 0.29) is 15.6 Å². The molecule has 184 valence electrons. The number of carbonyl (C=O) groups excluding carboxylic acids is 3. The number of imide groups is 1. The summed E-state index contributed by atoms with van der Waals surface area (Å²) in [6.45, 7) is 1.69. The number of nitrogens with two attached hydrogens (primary N) is 1. The molecular weight excluding hydrogens is 527 g/mol. The molecule has 0 bridgehead atoms. The first-order valence-electron chi connectivity index (χ1n) is 10.3. The Labute approximate surface area is 216 Å². The van der Waals surface area contributed by atoms with Gasteiger partial charge in [-0.2, -0.15) is 0 Å². The zero-order valence-corrected chi connectivity index (χ0v) is 20.9. The van der Waals surface area contributed by atoms with E-state index in [1.54, 1.807) is 37.3 Å². The Bertz CT molecular complexity index is 1540. The van der Waals surface area contributed by atoms with E-state index in [1.807, 2.05) is 0 Å². The second kappa shape index (κ2) is 9.75. The van der Waals surface area contributed by atoms with Crippen LogP contribution in [-0.4, -0.2) is 26.1 Å². The Morgan fingerprint density at radius 3 is 2.11 bits per heavy atom. The molecule has 0 fully saturated rings. The van der Waals surface area contributed by atoms with Crippen molar-refractivity contribution in [2.24, 2.45) is 5.14 Å². The van der Waals surface area contributed by atoms with Crippen LogP contribution in [0.3, 0.4) is 0 Å². The second-order valence-corrected chi connectivity index (χ2v) is 10.1. The third-order valence-corrected chi connectivity index (χ3v) is 7.05. The van der Waals surface area contributed by atoms with Gasteiger partial charge in [-0.3, -0.25) is 14.4 Å². The number of nitrogens with one attached hydrogen (secondary N) is 2. The molecule has 3 aromatic rings. The van der Waals surface area contributed by atoms with Gasteiger partial charge >= 0.3 is 0 Å². The molecule has 0 saturated carbocycles. The predicted octanol–water partition coefficient (Wildman–Crippen LogP) is 3.98. The molecule has 0 unspecified atom stereocenters. The summed E-state index contributed by atoms with van der Waals surface area (Å²) >= 11 is 12.3. The molecule has 3 amide bonds. The highest BCUT2D eigenvalue weighted by Crippen LogP contribution is 2.34. The highest BCUT2D eigenvalue weighted by Gasteiger charge is 2.39. The fourth-order valence-corrected chi connectivity index (χ4v) is 4.35. The Morgan fingerprint density at radius 1 is 0.889 bits per heavy atom. The van der Waals surface area contributed by atoms with Gasteiger partial charge < -0.3 is 10.6 Å². The van der Waals surface area contributed by atoms with E-state index in [1.165, 1.54) is 36.4 Å². The van der Waals surface area contributed by atoms with Gasteiger partial charge in [-0.05, 0) is 73.2 Å². The van der Waals surface area contributed by atoms with Gasteiger partial charge in [-0.1, -0.05) is 29.3 Å². The van der Waals surface area contributed by atoms with Crippen molar-refractivity contribution in [3.05, 3.63) is 93.6 Å². The van der Waals surface area contributed by atoms with Gasteiger partial charge in [0, 0.05) is 22.0 Å². The smallest absolute Gasteiger partial charge is 0.283 e. The average molecular weight is 545 g/mol. The van der Waals surface area contributed by atoms with Crippen LogP contribution in [0.4, 0.5) is 17.1 Å². The molecule has 36 heavy (non-hydrogen) atoms. The summed E-state index contributed by atoms with van der Waals surface area (Å²) in [7, 11) is -3.84. The van der Waals surface area contributed by atoms with Crippen LogP contribution in [0.2, 0.25) is 5.02 Å². The van der Waals surface area contributed by atoms with E-state index >= 15 is 0 Å². The number of halogens is 2. The van der Waals surface area contributed by atoms with Crippen molar-refractivity contribution in [3.63, 3.8) is 0 Å². The van der Waals surface area contributed by atoms with Gasteiger partial charge in [0.1, 0.15) is 10.7 Å². The molecule has 12 heteroatoms. The number of sulfonamides is 1. The first-order chi connectivity index (χ1) is 17.0. The molecule has 1 aliphatic heterocycles. The lowest BCUT2D eigenvalue weighted by Crippen LogP contribution is -2.32. The normalized spacial score (nSPS) is 13.8. The maximum atomic E-state index is 13.0. The van der Waals surface area contributed by atoms with Gasteiger partial charge in [0.25, 0.3) is 17.7 Å². The first-order valence-corrected chi connectivity index (χ1v) is 12.6. The minimum atomic E-state index is -3.84. The van der Waals surface area contributed by atoms with E-state index in [4.69, 9.17) is 28.3 Å². The molecule has 0 aromatic heterocycles. The Hall–Kier alpha value is -3.70. The lowest BCUT2D eigenvalue weighted by atomic mass is 10.1. The van der Waals surface area contributed by atoms with Crippen LogP contribution in [0.5, 0.6) is 0 Å². The number of nitrogens with zero attached hydrogens (tertiary/aromatic N) is 1. The van der Waals surface area contributed by atoms with Crippen molar-refractivity contribution in [1.82, 2.24) is 0 Å². The van der Waals surface area contributed by atoms with Crippen LogP contribution < -0.4 is 20.7 Å². The van der Waals surface area contributed by atoms with Crippen LogP contribution in [0.1, 0.15) is 15.9 Å². The molecule has 1 heterocycles. The Morgan fingerprint density at radius 2 is 1.50 bits per heavy atom. The fraction of sp³-hybridized carbons (Fsp3) is 0.0417. The lowest BCUT2D eigenvalue weighted by Gasteiger charge is -2.18. The summed E-state index contributed by atoms with van der Waals surface area (Å²) in [5.74, 6) is -1.77. The number of hydrogen-bond donors (Lipinski definition) is 3. The molecule has 4 rings (SSSR count). The van der Waals surface area contributed by atoms with Crippen molar-refractivity contribution >= 4 is 68.0 Å². The molecular formula is C24H18Cl2N4O5S. The summed E-state index contributed by atoms with van der Waals surface area (Å²) in [4.78, 5) is 39.1. The van der Waals surface area contributed by atoms with Gasteiger partial charge in [-0.25, -0.2) is 18.5 Å². The van der Waals surface area contributed by atoms with Crippen molar-refractivity contribution in [1.29, 1.82) is 0 Å². The molecule has 3 aromatic carbocycles. The third-order valence-electron chi connectivity index (χ3n) is 5.36. The Kier molecular flexibility index (Phi) is 6.87. The van der Waals surface area contributed by atoms with E-state index in [0.717, 1.165) is 4.90 Å². The molecule has 0 saturated heterocycles. The molecule has 0 radical (unpaired) electrons. The molecule has 0 spiro atoms. The number of rotatable bonds is 6. The van der Waals surface area contributed by atoms with Gasteiger partial charge in [0.2, 0.25) is 10.0 Å². The van der Waals surface area contributed by atoms with Crippen molar-refractivity contribution in [2.45, 2.75) is 11.8 Å². The number of benzene rings is 3. The predicted molar refractivity (Wildman–Crippen MR) is 137 cm³/mol. The summed E-state index contributed by atoms with van der Waals surface area (Å²) in [5.41, 5.74) is 1.87. The number of primary sulfonamides is 1. The summed E-state index contributed by atoms with van der Waals surface area (Å²) < 4.78 is 22.7. The molecule has 9 nitrogen and oxygen atoms in total. The molecule has 4 N–H and O–H groups in total. The number of carbonyl (C=O) groups is 3. The standard InChI is InChI=1S/C24H18Cl2N4O5S/c1-13-18(25)3-2-4-19(13)30-23(32)20(26)21(24(30)33)28-15-7-5-14(6-8-15)22(31)29-16-9-11-17(12-10-16)36(27,34)35/h2-12,28H,1H3,(H,29,31)(H2,27,34,35). The zero-order chi connectivity index (χ0) is 26.2. The molecule has 1 aliphatic rings. The Balaban J connectivity index is 1.47. The monoisotopic (exact) mass is 544 g/mol. The lowest BCUT2D eigenvalue weighted by molar-refractivity contribution is -0.120. The maximum Gasteiger partial charge on any atom is 0.283 e. The molecule has 0 aliphatic carbocycles. The number of anilines is 3. The first kappa shape index (κ1) is 25.4. The van der Waals surface area contributed by atoms with E-state index in [2.05, 4.69) is 10.6 Å². The summed E-state index contributed by atoms with van der Waals surface area (Å²) in [6, 6.07) is 16.4. The zero-order valence-electron chi connectivity index (χ0n) is 18.6.